The molecule has 1 fully saturated rings. The fourth-order valence-corrected chi connectivity index (χ4v) is 1.75. The fourth-order valence-electron chi connectivity index (χ4n) is 1.75. The molecular formula is C10H23N3. The molecule has 1 heterocycles. The van der Waals surface area contributed by atoms with E-state index in [0.717, 1.165) is 12.6 Å². The molecule has 1 N–H and O–H groups in total. The van der Waals surface area contributed by atoms with E-state index in [4.69, 9.17) is 0 Å². The van der Waals surface area contributed by atoms with Gasteiger partial charge in [-0.15, -0.1) is 0 Å². The Bertz CT molecular complexity index is 130. The van der Waals surface area contributed by atoms with Gasteiger partial charge < -0.3 is 15.1 Å². The van der Waals surface area contributed by atoms with E-state index < -0.39 is 0 Å². The van der Waals surface area contributed by atoms with Gasteiger partial charge >= 0.3 is 0 Å². The topological polar surface area (TPSA) is 18.5 Å². The minimum atomic E-state index is 0.743. The highest BCUT2D eigenvalue weighted by atomic mass is 15.2. The molecule has 0 saturated carbocycles. The zero-order chi connectivity index (χ0) is 9.68. The normalized spacial score (nSPS) is 23.3. The van der Waals surface area contributed by atoms with Gasteiger partial charge in [-0.25, -0.2) is 0 Å². The third kappa shape index (κ3) is 4.60. The van der Waals surface area contributed by atoms with E-state index >= 15 is 0 Å². The first-order chi connectivity index (χ1) is 6.18. The number of hydrogen-bond donors (Lipinski definition) is 1. The average Bonchev–Trinajstić information content (AvgIpc) is 2.53. The molecule has 13 heavy (non-hydrogen) atoms. The van der Waals surface area contributed by atoms with Crippen molar-refractivity contribution in [1.82, 2.24) is 15.1 Å². The van der Waals surface area contributed by atoms with Gasteiger partial charge in [-0.05, 0) is 40.5 Å². The lowest BCUT2D eigenvalue weighted by Crippen LogP contribution is -2.38. The summed E-state index contributed by atoms with van der Waals surface area (Å²) in [6.07, 6.45) is 2.71. The summed E-state index contributed by atoms with van der Waals surface area (Å²) < 4.78 is 0. The van der Waals surface area contributed by atoms with E-state index in [1.54, 1.807) is 0 Å². The summed E-state index contributed by atoms with van der Waals surface area (Å²) in [6.45, 7) is 4.74. The summed E-state index contributed by atoms with van der Waals surface area (Å²) in [7, 11) is 6.47. The highest BCUT2D eigenvalue weighted by molar-refractivity contribution is 4.76. The van der Waals surface area contributed by atoms with Gasteiger partial charge in [0.25, 0.3) is 0 Å². The van der Waals surface area contributed by atoms with Crippen LogP contribution >= 0.6 is 0 Å². The molecule has 0 radical (unpaired) electrons. The van der Waals surface area contributed by atoms with E-state index in [1.165, 1.54) is 32.5 Å². The van der Waals surface area contributed by atoms with Crippen LogP contribution < -0.4 is 5.32 Å². The van der Waals surface area contributed by atoms with E-state index in [0.29, 0.717) is 0 Å². The third-order valence-electron chi connectivity index (χ3n) is 2.62. The number of rotatable bonds is 5. The summed E-state index contributed by atoms with van der Waals surface area (Å²) in [6, 6.07) is 0.743. The summed E-state index contributed by atoms with van der Waals surface area (Å²) in [5.41, 5.74) is 0. The van der Waals surface area contributed by atoms with Gasteiger partial charge in [0, 0.05) is 25.7 Å². The molecule has 3 heteroatoms. The van der Waals surface area contributed by atoms with Crippen LogP contribution in [0.5, 0.6) is 0 Å². The van der Waals surface area contributed by atoms with Crippen molar-refractivity contribution in [2.24, 2.45) is 0 Å². The maximum absolute atomic E-state index is 3.52. The van der Waals surface area contributed by atoms with E-state index in [1.807, 2.05) is 0 Å². The summed E-state index contributed by atoms with van der Waals surface area (Å²) in [4.78, 5) is 4.65. The first-order valence-electron chi connectivity index (χ1n) is 5.25. The highest BCUT2D eigenvalue weighted by Crippen LogP contribution is 2.05. The number of hydrogen-bond acceptors (Lipinski definition) is 3. The zero-order valence-corrected chi connectivity index (χ0v) is 9.21. The monoisotopic (exact) mass is 185 g/mol. The molecule has 0 bridgehead atoms. The van der Waals surface area contributed by atoms with Crippen LogP contribution in [0.4, 0.5) is 0 Å². The zero-order valence-electron chi connectivity index (χ0n) is 9.21. The molecule has 78 valence electrons. The van der Waals surface area contributed by atoms with Gasteiger partial charge in [0.15, 0.2) is 0 Å². The van der Waals surface area contributed by atoms with E-state index in [9.17, 15) is 0 Å². The Hall–Kier alpha value is -0.120. The van der Waals surface area contributed by atoms with Crippen LogP contribution in [-0.2, 0) is 0 Å². The predicted molar refractivity (Wildman–Crippen MR) is 57.1 cm³/mol. The second kappa shape index (κ2) is 5.58. The molecule has 0 unspecified atom stereocenters. The Morgan fingerprint density at radius 3 is 2.54 bits per heavy atom. The minimum Gasteiger partial charge on any atom is -0.313 e. The lowest BCUT2D eigenvalue weighted by Gasteiger charge is -2.22. The van der Waals surface area contributed by atoms with Crippen LogP contribution in [0.2, 0.25) is 0 Å². The Morgan fingerprint density at radius 1 is 1.23 bits per heavy atom. The SMILES string of the molecule is CN(C)CCN(C)C[C@H]1CCCN1. The first-order valence-corrected chi connectivity index (χ1v) is 5.25. The molecule has 0 amide bonds. The van der Waals surface area contributed by atoms with Gasteiger partial charge in [0.1, 0.15) is 0 Å². The smallest absolute Gasteiger partial charge is 0.0195 e. The van der Waals surface area contributed by atoms with Crippen molar-refractivity contribution in [1.29, 1.82) is 0 Å². The Labute approximate surface area is 82.1 Å². The molecule has 0 aromatic carbocycles. The second-order valence-electron chi connectivity index (χ2n) is 4.36. The molecule has 3 nitrogen and oxygen atoms in total. The molecule has 1 rings (SSSR count). The van der Waals surface area contributed by atoms with Crippen molar-refractivity contribution in [2.75, 3.05) is 47.3 Å². The maximum atomic E-state index is 3.52. The van der Waals surface area contributed by atoms with Crippen LogP contribution in [0.1, 0.15) is 12.8 Å². The van der Waals surface area contributed by atoms with Crippen molar-refractivity contribution >= 4 is 0 Å². The standard InChI is InChI=1S/C10H23N3/c1-12(2)7-8-13(3)9-10-5-4-6-11-10/h10-11H,4-9H2,1-3H3/t10-/m1/s1. The molecule has 0 aromatic heterocycles. The van der Waals surface area contributed by atoms with Crippen molar-refractivity contribution < 1.29 is 0 Å². The quantitative estimate of drug-likeness (QED) is 0.661. The molecule has 1 aliphatic heterocycles. The molecule has 0 aromatic rings. The fraction of sp³-hybridized carbons (Fsp3) is 1.00. The van der Waals surface area contributed by atoms with E-state index in [-0.39, 0.29) is 0 Å². The first kappa shape index (κ1) is 11.0. The molecule has 0 spiro atoms. The molecule has 1 atom stereocenters. The second-order valence-corrected chi connectivity index (χ2v) is 4.36. The van der Waals surface area contributed by atoms with Crippen LogP contribution in [-0.4, -0.2) is 63.2 Å². The Kier molecular flexibility index (Phi) is 4.70. The Morgan fingerprint density at radius 2 is 2.00 bits per heavy atom. The van der Waals surface area contributed by atoms with Gasteiger partial charge in [-0.2, -0.15) is 0 Å². The number of likely N-dealkylation sites (N-methyl/N-ethyl adjacent to an activating group) is 2. The maximum Gasteiger partial charge on any atom is 0.0195 e. The molecule has 1 saturated heterocycles. The third-order valence-corrected chi connectivity index (χ3v) is 2.62. The largest absolute Gasteiger partial charge is 0.313 e. The van der Waals surface area contributed by atoms with Gasteiger partial charge in [0.05, 0.1) is 0 Å². The van der Waals surface area contributed by atoms with E-state index in [2.05, 4.69) is 36.3 Å². The van der Waals surface area contributed by atoms with Crippen molar-refractivity contribution in [3.05, 3.63) is 0 Å². The Balaban J connectivity index is 2.05. The van der Waals surface area contributed by atoms with Crippen molar-refractivity contribution in [3.8, 4) is 0 Å². The van der Waals surface area contributed by atoms with Crippen molar-refractivity contribution in [2.45, 2.75) is 18.9 Å². The van der Waals surface area contributed by atoms with Crippen molar-refractivity contribution in [3.63, 3.8) is 0 Å². The summed E-state index contributed by atoms with van der Waals surface area (Å²) in [5.74, 6) is 0. The minimum absolute atomic E-state index is 0.743. The van der Waals surface area contributed by atoms with Crippen LogP contribution in [0.25, 0.3) is 0 Å². The lowest BCUT2D eigenvalue weighted by molar-refractivity contribution is 0.262. The van der Waals surface area contributed by atoms with Gasteiger partial charge in [-0.1, -0.05) is 0 Å². The molecule has 1 aliphatic rings. The van der Waals surface area contributed by atoms with Crippen LogP contribution in [0, 0.1) is 0 Å². The number of nitrogens with one attached hydrogen (secondary N) is 1. The highest BCUT2D eigenvalue weighted by Gasteiger charge is 2.15. The molecular weight excluding hydrogens is 162 g/mol. The average molecular weight is 185 g/mol. The number of nitrogens with zero attached hydrogens (tertiary/aromatic N) is 2. The summed E-state index contributed by atoms with van der Waals surface area (Å²) >= 11 is 0. The predicted octanol–water partition coefficient (Wildman–Crippen LogP) is 0.232. The lowest BCUT2D eigenvalue weighted by atomic mass is 10.2. The van der Waals surface area contributed by atoms with Crippen LogP contribution in [0.3, 0.4) is 0 Å². The van der Waals surface area contributed by atoms with Gasteiger partial charge in [0.2, 0.25) is 0 Å². The summed E-state index contributed by atoms with van der Waals surface area (Å²) in [5, 5.41) is 3.52. The molecule has 0 aliphatic carbocycles. The van der Waals surface area contributed by atoms with Gasteiger partial charge in [-0.3, -0.25) is 0 Å². The van der Waals surface area contributed by atoms with Crippen LogP contribution in [0.15, 0.2) is 0 Å².